The molecule has 2 unspecified atom stereocenters. The van der Waals surface area contributed by atoms with Gasteiger partial charge in [0.1, 0.15) is 22.4 Å². The van der Waals surface area contributed by atoms with Crippen molar-refractivity contribution in [2.75, 3.05) is 44.9 Å². The van der Waals surface area contributed by atoms with Crippen LogP contribution in [0.3, 0.4) is 0 Å². The summed E-state index contributed by atoms with van der Waals surface area (Å²) in [5.74, 6) is 1.28. The average molecular weight is 553 g/mol. The standard InChI is InChI=1S/C29H36N4O5S/c1-18-10-23(39(30)35)11-19(2)24(18)6-7-33-27(34)25-5-4-21(32-8-9-37-22(15-32)17-36-3)12-26(25)31-28(33)29-13-20(14-29)16-38-29/h4-5,10-12,20,22H,6-9,13-17,30H2,1-3H3. The number of nitrogens with two attached hydrogens (primary N) is 1. The molecule has 4 fully saturated rings. The van der Waals surface area contributed by atoms with Gasteiger partial charge in [-0.15, -0.1) is 0 Å². The monoisotopic (exact) mass is 552 g/mol. The molecule has 4 aliphatic rings. The van der Waals surface area contributed by atoms with Crippen LogP contribution in [-0.2, 0) is 43.8 Å². The molecule has 4 heterocycles. The molecular weight excluding hydrogens is 516 g/mol. The van der Waals surface area contributed by atoms with E-state index in [2.05, 4.69) is 4.90 Å². The van der Waals surface area contributed by atoms with Crippen molar-refractivity contribution in [1.82, 2.24) is 9.55 Å². The van der Waals surface area contributed by atoms with E-state index in [0.717, 1.165) is 60.7 Å². The second kappa shape index (κ2) is 10.4. The zero-order chi connectivity index (χ0) is 27.3. The third-order valence-electron chi connectivity index (χ3n) is 8.52. The van der Waals surface area contributed by atoms with Crippen molar-refractivity contribution < 1.29 is 18.4 Å². The first-order chi connectivity index (χ1) is 18.8. The molecule has 10 heteroatoms. The van der Waals surface area contributed by atoms with Gasteiger partial charge in [-0.3, -0.25) is 9.36 Å². The van der Waals surface area contributed by atoms with Gasteiger partial charge in [0.15, 0.2) is 0 Å². The van der Waals surface area contributed by atoms with Crippen LogP contribution in [-0.4, -0.2) is 59.9 Å². The van der Waals surface area contributed by atoms with Crippen molar-refractivity contribution in [2.45, 2.75) is 56.3 Å². The highest BCUT2D eigenvalue weighted by Crippen LogP contribution is 2.54. The molecule has 0 radical (unpaired) electrons. The molecule has 3 aromatic rings. The molecular formula is C29H36N4O5S. The SMILES string of the molecule is COCC1CN(c2ccc3c(=O)n(CCc4c(C)cc(S(N)=O)cc4C)c(C45CC(CO4)C5)nc3c2)CCO1. The van der Waals surface area contributed by atoms with Crippen LogP contribution in [0.15, 0.2) is 40.0 Å². The number of rotatable bonds is 8. The van der Waals surface area contributed by atoms with Gasteiger partial charge in [0.05, 0.1) is 41.7 Å². The summed E-state index contributed by atoms with van der Waals surface area (Å²) in [5.41, 5.74) is 4.38. The van der Waals surface area contributed by atoms with Gasteiger partial charge in [-0.25, -0.2) is 14.3 Å². The zero-order valence-corrected chi connectivity index (χ0v) is 23.6. The fraction of sp³-hybridized carbons (Fsp3) is 0.517. The molecule has 2 bridgehead atoms. The van der Waals surface area contributed by atoms with Gasteiger partial charge in [0.2, 0.25) is 0 Å². The minimum Gasteiger partial charge on any atom is -0.382 e. The lowest BCUT2D eigenvalue weighted by Crippen LogP contribution is -2.44. The first kappa shape index (κ1) is 26.6. The van der Waals surface area contributed by atoms with Crippen LogP contribution < -0.4 is 15.6 Å². The van der Waals surface area contributed by atoms with Crippen LogP contribution in [0.4, 0.5) is 5.69 Å². The summed E-state index contributed by atoms with van der Waals surface area (Å²) < 4.78 is 31.0. The Bertz CT molecular complexity index is 1470. The summed E-state index contributed by atoms with van der Waals surface area (Å²) in [6, 6.07) is 9.69. The number of aromatic nitrogens is 2. The predicted molar refractivity (Wildman–Crippen MR) is 150 cm³/mol. The smallest absolute Gasteiger partial charge is 0.261 e. The van der Waals surface area contributed by atoms with Crippen molar-refractivity contribution in [3.8, 4) is 0 Å². The van der Waals surface area contributed by atoms with E-state index in [1.807, 2.05) is 48.7 Å². The van der Waals surface area contributed by atoms with Crippen LogP contribution in [0.5, 0.6) is 0 Å². The lowest BCUT2D eigenvalue weighted by atomic mass is 9.74. The summed E-state index contributed by atoms with van der Waals surface area (Å²) in [6.45, 7) is 7.89. The minimum absolute atomic E-state index is 0.0134. The van der Waals surface area contributed by atoms with Crippen molar-refractivity contribution in [1.29, 1.82) is 0 Å². The molecule has 0 amide bonds. The third kappa shape index (κ3) is 4.82. The van der Waals surface area contributed by atoms with Gasteiger partial charge in [-0.05, 0) is 86.1 Å². The Balaban J connectivity index is 1.37. The lowest BCUT2D eigenvalue weighted by molar-refractivity contribution is -0.0152. The molecule has 1 aromatic heterocycles. The lowest BCUT2D eigenvalue weighted by Gasteiger charge is -2.37. The maximum absolute atomic E-state index is 14.0. The Hall–Kier alpha value is -2.63. The van der Waals surface area contributed by atoms with E-state index < -0.39 is 16.6 Å². The minimum atomic E-state index is -1.53. The van der Waals surface area contributed by atoms with Crippen LogP contribution in [0, 0.1) is 19.8 Å². The summed E-state index contributed by atoms with van der Waals surface area (Å²) in [7, 11) is 0.156. The normalized spacial score (nSPS) is 25.2. The first-order valence-corrected chi connectivity index (χ1v) is 14.8. The maximum Gasteiger partial charge on any atom is 0.261 e. The van der Waals surface area contributed by atoms with Gasteiger partial charge < -0.3 is 19.1 Å². The largest absolute Gasteiger partial charge is 0.382 e. The highest BCUT2D eigenvalue weighted by atomic mass is 32.2. The zero-order valence-electron chi connectivity index (χ0n) is 22.8. The summed E-state index contributed by atoms with van der Waals surface area (Å²) in [6.07, 6.45) is 2.48. The summed E-state index contributed by atoms with van der Waals surface area (Å²) in [4.78, 5) is 22.0. The molecule has 1 aliphatic carbocycles. The summed E-state index contributed by atoms with van der Waals surface area (Å²) >= 11 is 0. The Morgan fingerprint density at radius 3 is 2.64 bits per heavy atom. The second-order valence-electron chi connectivity index (χ2n) is 11.2. The molecule has 208 valence electrons. The van der Waals surface area contributed by atoms with Gasteiger partial charge in [0, 0.05) is 32.4 Å². The number of hydrogen-bond donors (Lipinski definition) is 1. The molecule has 2 aromatic carbocycles. The first-order valence-electron chi connectivity index (χ1n) is 13.6. The van der Waals surface area contributed by atoms with Crippen LogP contribution in [0.2, 0.25) is 0 Å². The predicted octanol–water partition coefficient (Wildman–Crippen LogP) is 2.72. The van der Waals surface area contributed by atoms with Crippen LogP contribution in [0.25, 0.3) is 10.9 Å². The molecule has 9 nitrogen and oxygen atoms in total. The number of morpholine rings is 1. The van der Waals surface area contributed by atoms with Gasteiger partial charge >= 0.3 is 0 Å². The Labute approximate surface area is 230 Å². The van der Waals surface area contributed by atoms with E-state index in [9.17, 15) is 9.00 Å². The Kier molecular flexibility index (Phi) is 7.09. The number of fused-ring (bicyclic) bond motifs is 2. The summed E-state index contributed by atoms with van der Waals surface area (Å²) in [5, 5.41) is 6.22. The van der Waals surface area contributed by atoms with Crippen LogP contribution >= 0.6 is 0 Å². The fourth-order valence-corrected chi connectivity index (χ4v) is 7.11. The molecule has 1 saturated carbocycles. The van der Waals surface area contributed by atoms with E-state index in [1.165, 1.54) is 0 Å². The van der Waals surface area contributed by atoms with E-state index in [4.69, 9.17) is 24.3 Å². The molecule has 39 heavy (non-hydrogen) atoms. The number of hydrogen-bond acceptors (Lipinski definition) is 7. The van der Waals surface area contributed by atoms with Crippen molar-refractivity contribution >= 4 is 27.6 Å². The van der Waals surface area contributed by atoms with Crippen LogP contribution in [0.1, 0.15) is 35.4 Å². The molecule has 3 aliphatic heterocycles. The van der Waals surface area contributed by atoms with E-state index >= 15 is 0 Å². The highest BCUT2D eigenvalue weighted by molar-refractivity contribution is 7.82. The van der Waals surface area contributed by atoms with E-state index in [-0.39, 0.29) is 11.7 Å². The van der Waals surface area contributed by atoms with Crippen molar-refractivity contribution in [3.05, 3.63) is 63.2 Å². The van der Waals surface area contributed by atoms with Gasteiger partial charge in [0.25, 0.3) is 5.56 Å². The number of benzene rings is 2. The number of ether oxygens (including phenoxy) is 3. The van der Waals surface area contributed by atoms with Crippen molar-refractivity contribution in [3.63, 3.8) is 0 Å². The van der Waals surface area contributed by atoms with Gasteiger partial charge in [-0.1, -0.05) is 0 Å². The topological polar surface area (TPSA) is 109 Å². The molecule has 3 saturated heterocycles. The quantitative estimate of drug-likeness (QED) is 0.458. The molecule has 7 rings (SSSR count). The number of nitrogens with zero attached hydrogens (tertiary/aromatic N) is 3. The fourth-order valence-electron chi connectivity index (χ4n) is 6.52. The Morgan fingerprint density at radius 2 is 1.97 bits per heavy atom. The molecule has 0 spiro atoms. The van der Waals surface area contributed by atoms with Gasteiger partial charge in [-0.2, -0.15) is 0 Å². The van der Waals surface area contributed by atoms with Crippen molar-refractivity contribution in [2.24, 2.45) is 11.1 Å². The average Bonchev–Trinajstić information content (AvgIpc) is 3.52. The van der Waals surface area contributed by atoms with E-state index in [1.54, 1.807) is 7.11 Å². The molecule has 2 N–H and O–H groups in total. The number of anilines is 1. The third-order valence-corrected chi connectivity index (χ3v) is 9.22. The number of aryl methyl sites for hydroxylation is 2. The highest BCUT2D eigenvalue weighted by Gasteiger charge is 2.55. The number of methoxy groups -OCH3 is 1. The van der Waals surface area contributed by atoms with E-state index in [0.29, 0.717) is 47.9 Å². The Morgan fingerprint density at radius 1 is 1.21 bits per heavy atom. The second-order valence-corrected chi connectivity index (χ2v) is 12.2. The maximum atomic E-state index is 14.0. The molecule has 2 atom stereocenters.